The van der Waals surface area contributed by atoms with Gasteiger partial charge >= 0.3 is 5.69 Å². The zero-order chi connectivity index (χ0) is 15.7. The van der Waals surface area contributed by atoms with Crippen LogP contribution in [0.25, 0.3) is 0 Å². The number of aromatic amines is 1. The lowest BCUT2D eigenvalue weighted by atomic mass is 10.1. The third-order valence-corrected chi connectivity index (χ3v) is 4.97. The van der Waals surface area contributed by atoms with E-state index < -0.39 is 11.7 Å². The Bertz CT molecular complexity index is 760. The summed E-state index contributed by atoms with van der Waals surface area (Å²) in [5.74, 6) is -0.0669. The molecule has 0 bridgehead atoms. The molecule has 1 N–H and O–H groups in total. The number of thiazole rings is 1. The molecule has 0 aliphatic carbocycles. The van der Waals surface area contributed by atoms with Gasteiger partial charge in [-0.1, -0.05) is 32.4 Å². The van der Waals surface area contributed by atoms with E-state index in [1.807, 2.05) is 20.8 Å². The summed E-state index contributed by atoms with van der Waals surface area (Å²) < 4.78 is 1.19. The van der Waals surface area contributed by atoms with E-state index in [0.29, 0.717) is 5.56 Å². The van der Waals surface area contributed by atoms with Crippen molar-refractivity contribution in [1.82, 2.24) is 14.5 Å². The third kappa shape index (κ3) is 2.96. The second-order valence-corrected chi connectivity index (χ2v) is 6.71. The minimum absolute atomic E-state index is 0.0669. The molecule has 2 aromatic rings. The van der Waals surface area contributed by atoms with E-state index in [2.05, 4.69) is 9.97 Å². The van der Waals surface area contributed by atoms with Gasteiger partial charge in [-0.25, -0.2) is 9.78 Å². The van der Waals surface area contributed by atoms with Gasteiger partial charge in [-0.05, 0) is 19.3 Å². The van der Waals surface area contributed by atoms with Crippen LogP contribution in [0.2, 0.25) is 5.15 Å². The summed E-state index contributed by atoms with van der Waals surface area (Å²) >= 11 is 7.51. The second-order valence-electron chi connectivity index (χ2n) is 5.18. The molecular formula is C14H18ClN3O2S. The van der Waals surface area contributed by atoms with E-state index >= 15 is 0 Å². The molecule has 0 aliphatic heterocycles. The van der Waals surface area contributed by atoms with Crippen LogP contribution in [0.1, 0.15) is 55.1 Å². The zero-order valence-electron chi connectivity index (χ0n) is 12.4. The van der Waals surface area contributed by atoms with E-state index in [-0.39, 0.29) is 16.6 Å². The van der Waals surface area contributed by atoms with E-state index in [9.17, 15) is 9.59 Å². The molecule has 2 aromatic heterocycles. The topological polar surface area (TPSA) is 67.8 Å². The van der Waals surface area contributed by atoms with Gasteiger partial charge in [0.1, 0.15) is 10.2 Å². The number of rotatable bonds is 4. The molecule has 0 amide bonds. The van der Waals surface area contributed by atoms with E-state index in [1.165, 1.54) is 15.9 Å². The van der Waals surface area contributed by atoms with Crippen molar-refractivity contribution in [2.24, 2.45) is 0 Å². The Balaban J connectivity index is 2.60. The van der Waals surface area contributed by atoms with E-state index in [1.54, 1.807) is 13.1 Å². The van der Waals surface area contributed by atoms with Gasteiger partial charge in [0.15, 0.2) is 0 Å². The first-order valence-electron chi connectivity index (χ1n) is 6.85. The molecule has 0 spiro atoms. The van der Waals surface area contributed by atoms with Crippen molar-refractivity contribution in [2.45, 2.75) is 46.1 Å². The predicted molar refractivity (Wildman–Crippen MR) is 85.7 cm³/mol. The summed E-state index contributed by atoms with van der Waals surface area (Å²) in [6.45, 7) is 7.58. The van der Waals surface area contributed by atoms with Crippen LogP contribution in [-0.4, -0.2) is 14.5 Å². The van der Waals surface area contributed by atoms with Gasteiger partial charge in [0.2, 0.25) is 0 Å². The van der Waals surface area contributed by atoms with Crippen LogP contribution in [0.5, 0.6) is 0 Å². The highest BCUT2D eigenvalue weighted by Gasteiger charge is 2.21. The highest BCUT2D eigenvalue weighted by atomic mass is 35.5. The van der Waals surface area contributed by atoms with Crippen LogP contribution >= 0.6 is 22.9 Å². The van der Waals surface area contributed by atoms with Crippen molar-refractivity contribution in [3.8, 4) is 0 Å². The van der Waals surface area contributed by atoms with Gasteiger partial charge in [-0.15, -0.1) is 11.3 Å². The Labute approximate surface area is 131 Å². The van der Waals surface area contributed by atoms with Crippen LogP contribution in [-0.2, 0) is 6.42 Å². The van der Waals surface area contributed by atoms with Crippen LogP contribution < -0.4 is 11.2 Å². The minimum atomic E-state index is -0.504. The number of hydrogen-bond acceptors (Lipinski definition) is 4. The fourth-order valence-corrected chi connectivity index (χ4v) is 3.46. The number of hydrogen-bond donors (Lipinski definition) is 1. The lowest BCUT2D eigenvalue weighted by molar-refractivity contribution is 0.564. The van der Waals surface area contributed by atoms with Crippen LogP contribution in [0.3, 0.4) is 0 Å². The number of H-pyrrole nitrogens is 1. The molecule has 0 saturated carbocycles. The summed E-state index contributed by atoms with van der Waals surface area (Å²) in [6, 6.07) is -0.415. The molecule has 0 aliphatic rings. The fraction of sp³-hybridized carbons (Fsp3) is 0.500. The first-order chi connectivity index (χ1) is 9.86. The first-order valence-corrected chi connectivity index (χ1v) is 8.05. The van der Waals surface area contributed by atoms with E-state index in [0.717, 1.165) is 16.3 Å². The molecule has 0 saturated heterocycles. The van der Waals surface area contributed by atoms with Crippen molar-refractivity contribution >= 4 is 22.9 Å². The van der Waals surface area contributed by atoms with Gasteiger partial charge in [-0.2, -0.15) is 0 Å². The maximum Gasteiger partial charge on any atom is 0.330 e. The Morgan fingerprint density at radius 1 is 1.38 bits per heavy atom. The number of nitrogens with zero attached hydrogens (tertiary/aromatic N) is 2. The monoisotopic (exact) mass is 327 g/mol. The fourth-order valence-electron chi connectivity index (χ4n) is 2.18. The first kappa shape index (κ1) is 16.0. The number of halogens is 1. The Kier molecular flexibility index (Phi) is 4.68. The van der Waals surface area contributed by atoms with Gasteiger partial charge in [0.25, 0.3) is 5.56 Å². The molecule has 5 nitrogen and oxygen atoms in total. The second kappa shape index (κ2) is 6.15. The van der Waals surface area contributed by atoms with Crippen LogP contribution in [0, 0.1) is 0 Å². The molecule has 7 heteroatoms. The van der Waals surface area contributed by atoms with E-state index in [4.69, 9.17) is 11.6 Å². The largest absolute Gasteiger partial charge is 0.330 e. The molecule has 1 unspecified atom stereocenters. The molecular weight excluding hydrogens is 310 g/mol. The standard InChI is InChI=1S/C14H18ClN3O2S/c1-5-9-6-16-12(21-9)8(4)18-13(19)10(7(2)3)11(15)17-14(18)20/h6-8H,5H2,1-4H3,(H,17,20). The van der Waals surface area contributed by atoms with Crippen molar-refractivity contribution in [1.29, 1.82) is 0 Å². The smallest absolute Gasteiger partial charge is 0.297 e. The molecule has 0 aromatic carbocycles. The Hall–Kier alpha value is -1.40. The SMILES string of the molecule is CCc1cnc(C(C)n2c(=O)[nH]c(Cl)c(C(C)C)c2=O)s1. The highest BCUT2D eigenvalue weighted by Crippen LogP contribution is 2.23. The van der Waals surface area contributed by atoms with Crippen LogP contribution in [0.15, 0.2) is 15.8 Å². The molecule has 0 radical (unpaired) electrons. The average molecular weight is 328 g/mol. The average Bonchev–Trinajstić information content (AvgIpc) is 2.85. The molecule has 1 atom stereocenters. The van der Waals surface area contributed by atoms with Gasteiger partial charge in [-0.3, -0.25) is 14.3 Å². The Morgan fingerprint density at radius 3 is 2.57 bits per heavy atom. The summed E-state index contributed by atoms with van der Waals surface area (Å²) in [5, 5.41) is 0.869. The van der Waals surface area contributed by atoms with Crippen molar-refractivity contribution in [2.75, 3.05) is 0 Å². The van der Waals surface area contributed by atoms with Gasteiger partial charge in [0, 0.05) is 11.1 Å². The lowest BCUT2D eigenvalue weighted by Gasteiger charge is -2.15. The summed E-state index contributed by atoms with van der Waals surface area (Å²) in [4.78, 5) is 32.7. The van der Waals surface area contributed by atoms with Crippen molar-refractivity contribution in [3.63, 3.8) is 0 Å². The zero-order valence-corrected chi connectivity index (χ0v) is 14.0. The summed E-state index contributed by atoms with van der Waals surface area (Å²) in [7, 11) is 0. The molecule has 2 rings (SSSR count). The molecule has 2 heterocycles. The molecule has 114 valence electrons. The van der Waals surface area contributed by atoms with Crippen molar-refractivity contribution in [3.05, 3.63) is 47.6 Å². The predicted octanol–water partition coefficient (Wildman–Crippen LogP) is 2.94. The minimum Gasteiger partial charge on any atom is -0.297 e. The van der Waals surface area contributed by atoms with Gasteiger partial charge in [0.05, 0.1) is 11.6 Å². The maximum atomic E-state index is 12.6. The highest BCUT2D eigenvalue weighted by molar-refractivity contribution is 7.11. The quantitative estimate of drug-likeness (QED) is 0.878. The van der Waals surface area contributed by atoms with Gasteiger partial charge < -0.3 is 0 Å². The normalized spacial score (nSPS) is 12.9. The number of nitrogens with one attached hydrogen (secondary N) is 1. The third-order valence-electron chi connectivity index (χ3n) is 3.36. The number of aryl methyl sites for hydroxylation is 1. The lowest BCUT2D eigenvalue weighted by Crippen LogP contribution is -2.40. The van der Waals surface area contributed by atoms with Crippen LogP contribution in [0.4, 0.5) is 0 Å². The summed E-state index contributed by atoms with van der Waals surface area (Å²) in [6.07, 6.45) is 2.67. The van der Waals surface area contributed by atoms with Crippen molar-refractivity contribution < 1.29 is 0 Å². The maximum absolute atomic E-state index is 12.6. The number of aromatic nitrogens is 3. The molecule has 21 heavy (non-hydrogen) atoms. The molecule has 0 fully saturated rings. The Morgan fingerprint density at radius 2 is 2.05 bits per heavy atom. The summed E-state index contributed by atoms with van der Waals surface area (Å²) in [5.41, 5.74) is -0.426.